The number of ether oxygens (including phenoxy) is 2. The number of likely N-dealkylation sites (tertiary alicyclic amines) is 1. The average Bonchev–Trinajstić information content (AvgIpc) is 2.61. The van der Waals surface area contributed by atoms with Gasteiger partial charge >= 0.3 is 0 Å². The Hall–Kier alpha value is -1.71. The van der Waals surface area contributed by atoms with Gasteiger partial charge < -0.3 is 14.4 Å². The molecule has 3 aliphatic rings. The number of piperidine rings is 1. The van der Waals surface area contributed by atoms with Crippen LogP contribution in [0.2, 0.25) is 0 Å². The summed E-state index contributed by atoms with van der Waals surface area (Å²) in [5, 5.41) is 0. The van der Waals surface area contributed by atoms with Gasteiger partial charge in [-0.3, -0.25) is 4.79 Å². The van der Waals surface area contributed by atoms with Gasteiger partial charge in [-0.1, -0.05) is 25.3 Å². The summed E-state index contributed by atoms with van der Waals surface area (Å²) < 4.78 is 11.2. The molecule has 4 rings (SSSR count). The highest BCUT2D eigenvalue weighted by molar-refractivity contribution is 5.79. The van der Waals surface area contributed by atoms with Crippen LogP contribution in [-0.4, -0.2) is 37.1 Å². The minimum atomic E-state index is 0.255. The lowest BCUT2D eigenvalue weighted by Crippen LogP contribution is -2.45. The number of benzene rings is 1. The highest BCUT2D eigenvalue weighted by atomic mass is 16.6. The predicted molar refractivity (Wildman–Crippen MR) is 87.8 cm³/mol. The number of hydrogen-bond acceptors (Lipinski definition) is 3. The first kappa shape index (κ1) is 14.9. The molecule has 2 fully saturated rings. The molecule has 1 amide bonds. The Labute approximate surface area is 137 Å². The van der Waals surface area contributed by atoms with E-state index in [0.717, 1.165) is 42.0 Å². The molecule has 1 aromatic carbocycles. The normalized spacial score (nSPS) is 26.5. The molecular weight excluding hydrogens is 290 g/mol. The van der Waals surface area contributed by atoms with Crippen molar-refractivity contribution < 1.29 is 14.3 Å². The van der Waals surface area contributed by atoms with E-state index in [9.17, 15) is 4.79 Å². The Kier molecular flexibility index (Phi) is 4.15. The first-order chi connectivity index (χ1) is 11.3. The van der Waals surface area contributed by atoms with Gasteiger partial charge in [-0.15, -0.1) is 0 Å². The Balaban J connectivity index is 1.39. The molecule has 23 heavy (non-hydrogen) atoms. The summed E-state index contributed by atoms with van der Waals surface area (Å²) in [4.78, 5) is 14.8. The second-order valence-electron chi connectivity index (χ2n) is 7.09. The van der Waals surface area contributed by atoms with Crippen molar-refractivity contribution in [1.82, 2.24) is 4.90 Å². The summed E-state index contributed by atoms with van der Waals surface area (Å²) in [5.74, 6) is 3.41. The standard InChI is InChI=1S/C19H25NO3/c21-19(20-8-7-15-3-1-2-4-16(15)13-20)12-14-5-6-17-18(11-14)23-10-9-22-17/h5-6,11,15-16H,1-4,7-10,12-13H2/t15-,16-/m1/s1. The molecule has 124 valence electrons. The zero-order valence-electron chi connectivity index (χ0n) is 13.6. The van der Waals surface area contributed by atoms with Crippen molar-refractivity contribution in [2.45, 2.75) is 38.5 Å². The summed E-state index contributed by atoms with van der Waals surface area (Å²) in [6.45, 7) is 3.08. The van der Waals surface area contributed by atoms with Gasteiger partial charge in [0.1, 0.15) is 13.2 Å². The number of carbonyl (C=O) groups is 1. The number of amides is 1. The average molecular weight is 315 g/mol. The van der Waals surface area contributed by atoms with E-state index in [-0.39, 0.29) is 5.91 Å². The quantitative estimate of drug-likeness (QED) is 0.842. The van der Waals surface area contributed by atoms with Gasteiger partial charge in [-0.2, -0.15) is 0 Å². The van der Waals surface area contributed by atoms with E-state index >= 15 is 0 Å². The molecule has 1 saturated carbocycles. The smallest absolute Gasteiger partial charge is 0.227 e. The van der Waals surface area contributed by atoms with E-state index in [1.807, 2.05) is 18.2 Å². The van der Waals surface area contributed by atoms with Crippen LogP contribution in [-0.2, 0) is 11.2 Å². The Morgan fingerprint density at radius 3 is 2.70 bits per heavy atom. The van der Waals surface area contributed by atoms with Crippen molar-refractivity contribution in [3.05, 3.63) is 23.8 Å². The van der Waals surface area contributed by atoms with Crippen molar-refractivity contribution in [3.63, 3.8) is 0 Å². The minimum Gasteiger partial charge on any atom is -0.486 e. The van der Waals surface area contributed by atoms with E-state index < -0.39 is 0 Å². The van der Waals surface area contributed by atoms with E-state index in [1.165, 1.54) is 32.1 Å². The minimum absolute atomic E-state index is 0.255. The van der Waals surface area contributed by atoms with Crippen LogP contribution < -0.4 is 9.47 Å². The molecule has 0 N–H and O–H groups in total. The molecule has 0 aromatic heterocycles. The van der Waals surface area contributed by atoms with Gasteiger partial charge in [-0.05, 0) is 42.4 Å². The maximum Gasteiger partial charge on any atom is 0.227 e. The zero-order chi connectivity index (χ0) is 15.6. The van der Waals surface area contributed by atoms with Gasteiger partial charge in [0, 0.05) is 13.1 Å². The Morgan fingerprint density at radius 1 is 1.04 bits per heavy atom. The first-order valence-corrected chi connectivity index (χ1v) is 8.96. The fraction of sp³-hybridized carbons (Fsp3) is 0.632. The van der Waals surface area contributed by atoms with E-state index in [0.29, 0.717) is 19.6 Å². The summed E-state index contributed by atoms with van der Waals surface area (Å²) in [6.07, 6.45) is 7.05. The van der Waals surface area contributed by atoms with Gasteiger partial charge in [0.05, 0.1) is 6.42 Å². The van der Waals surface area contributed by atoms with Crippen LogP contribution in [0.1, 0.15) is 37.7 Å². The van der Waals surface area contributed by atoms with Crippen molar-refractivity contribution in [1.29, 1.82) is 0 Å². The van der Waals surface area contributed by atoms with Crippen LogP contribution in [0.25, 0.3) is 0 Å². The molecule has 1 aromatic rings. The number of hydrogen-bond donors (Lipinski definition) is 0. The number of nitrogens with zero attached hydrogens (tertiary/aromatic N) is 1. The Bertz CT molecular complexity index is 586. The molecule has 2 aliphatic heterocycles. The van der Waals surface area contributed by atoms with Crippen LogP contribution in [0.4, 0.5) is 0 Å². The number of fused-ring (bicyclic) bond motifs is 2. The topological polar surface area (TPSA) is 38.8 Å². The third-order valence-corrected chi connectivity index (χ3v) is 5.61. The lowest BCUT2D eigenvalue weighted by atomic mass is 9.75. The van der Waals surface area contributed by atoms with Crippen LogP contribution in [0.5, 0.6) is 11.5 Å². The van der Waals surface area contributed by atoms with E-state index in [2.05, 4.69) is 4.90 Å². The third-order valence-electron chi connectivity index (χ3n) is 5.61. The van der Waals surface area contributed by atoms with Gasteiger partial charge in [0.2, 0.25) is 5.91 Å². The predicted octanol–water partition coefficient (Wildman–Crippen LogP) is 3.04. The number of carbonyl (C=O) groups excluding carboxylic acids is 1. The fourth-order valence-electron chi connectivity index (χ4n) is 4.31. The lowest BCUT2D eigenvalue weighted by molar-refractivity contribution is -0.133. The Morgan fingerprint density at radius 2 is 1.83 bits per heavy atom. The molecule has 0 radical (unpaired) electrons. The molecule has 4 nitrogen and oxygen atoms in total. The molecule has 1 saturated heterocycles. The second-order valence-corrected chi connectivity index (χ2v) is 7.09. The van der Waals surface area contributed by atoms with Crippen molar-refractivity contribution in [2.75, 3.05) is 26.3 Å². The third kappa shape index (κ3) is 3.17. The molecule has 0 spiro atoms. The SMILES string of the molecule is O=C(Cc1ccc2c(c1)OCCO2)N1CC[C@H]2CCCC[C@@H]2C1. The first-order valence-electron chi connectivity index (χ1n) is 8.96. The van der Waals surface area contributed by atoms with Crippen LogP contribution in [0, 0.1) is 11.8 Å². The second kappa shape index (κ2) is 6.42. The molecular formula is C19H25NO3. The largest absolute Gasteiger partial charge is 0.486 e. The van der Waals surface area contributed by atoms with Gasteiger partial charge in [0.15, 0.2) is 11.5 Å². The van der Waals surface area contributed by atoms with E-state index in [1.54, 1.807) is 0 Å². The highest BCUT2D eigenvalue weighted by Gasteiger charge is 2.32. The molecule has 2 heterocycles. The monoisotopic (exact) mass is 315 g/mol. The highest BCUT2D eigenvalue weighted by Crippen LogP contribution is 2.36. The molecule has 4 heteroatoms. The lowest BCUT2D eigenvalue weighted by Gasteiger charge is -2.41. The fourth-order valence-corrected chi connectivity index (χ4v) is 4.31. The molecule has 2 atom stereocenters. The van der Waals surface area contributed by atoms with Crippen molar-refractivity contribution in [2.24, 2.45) is 11.8 Å². The zero-order valence-corrected chi connectivity index (χ0v) is 13.6. The van der Waals surface area contributed by atoms with Crippen LogP contribution >= 0.6 is 0 Å². The number of rotatable bonds is 2. The molecule has 1 aliphatic carbocycles. The van der Waals surface area contributed by atoms with Crippen molar-refractivity contribution in [3.8, 4) is 11.5 Å². The maximum atomic E-state index is 12.7. The summed E-state index contributed by atoms with van der Waals surface area (Å²) in [5.41, 5.74) is 1.02. The summed E-state index contributed by atoms with van der Waals surface area (Å²) >= 11 is 0. The molecule has 0 unspecified atom stereocenters. The van der Waals surface area contributed by atoms with Gasteiger partial charge in [0.25, 0.3) is 0 Å². The van der Waals surface area contributed by atoms with Gasteiger partial charge in [-0.25, -0.2) is 0 Å². The summed E-state index contributed by atoms with van der Waals surface area (Å²) in [7, 11) is 0. The maximum absolute atomic E-state index is 12.7. The van der Waals surface area contributed by atoms with Crippen LogP contribution in [0.3, 0.4) is 0 Å². The summed E-state index contributed by atoms with van der Waals surface area (Å²) in [6, 6.07) is 5.86. The van der Waals surface area contributed by atoms with Crippen LogP contribution in [0.15, 0.2) is 18.2 Å². The molecule has 0 bridgehead atoms. The van der Waals surface area contributed by atoms with E-state index in [4.69, 9.17) is 9.47 Å². The van der Waals surface area contributed by atoms with Crippen molar-refractivity contribution >= 4 is 5.91 Å².